The first-order chi connectivity index (χ1) is 14.3. The van der Waals surface area contributed by atoms with Crippen molar-refractivity contribution in [3.8, 4) is 0 Å². The number of hydrogen-bond acceptors (Lipinski definition) is 5. The molecule has 160 valence electrons. The first kappa shape index (κ1) is 22.1. The van der Waals surface area contributed by atoms with E-state index >= 15 is 0 Å². The Morgan fingerprint density at radius 3 is 2.33 bits per heavy atom. The lowest BCUT2D eigenvalue weighted by atomic mass is 10.2. The molecule has 0 unspecified atom stereocenters. The van der Waals surface area contributed by atoms with Gasteiger partial charge >= 0.3 is 0 Å². The van der Waals surface area contributed by atoms with Crippen LogP contribution >= 0.6 is 0 Å². The molecule has 1 aliphatic rings. The predicted octanol–water partition coefficient (Wildman–Crippen LogP) is 2.36. The Hall–Kier alpha value is -2.62. The van der Waals surface area contributed by atoms with Crippen molar-refractivity contribution < 1.29 is 22.4 Å². The summed E-state index contributed by atoms with van der Waals surface area (Å²) in [5, 5.41) is 2.71. The normalized spacial score (nSPS) is 15.7. The van der Waals surface area contributed by atoms with E-state index in [9.17, 15) is 22.4 Å². The Morgan fingerprint density at radius 1 is 1.03 bits per heavy atom. The van der Waals surface area contributed by atoms with Crippen molar-refractivity contribution in [2.75, 3.05) is 38.0 Å². The Labute approximate surface area is 175 Å². The number of carbonyl (C=O) groups is 2. The molecule has 1 heterocycles. The number of nitrogens with one attached hydrogen (secondary N) is 1. The number of anilines is 1. The van der Waals surface area contributed by atoms with E-state index in [4.69, 9.17) is 0 Å². The maximum atomic E-state index is 12.9. The predicted molar refractivity (Wildman–Crippen MR) is 111 cm³/mol. The average Bonchev–Trinajstić information content (AvgIpc) is 2.74. The van der Waals surface area contributed by atoms with Gasteiger partial charge in [-0.15, -0.1) is 0 Å². The van der Waals surface area contributed by atoms with E-state index in [-0.39, 0.29) is 28.8 Å². The standard InChI is InChI=1S/C21H24FN3O4S/c1-16(26)17-3-2-4-20(15-17)30(28,29)25-13-11-24(12-14-25)10-9-21(27)23-19-7-5-18(22)6-8-19/h2-8,15H,9-14H2,1H3,(H,23,27). The van der Waals surface area contributed by atoms with Crippen LogP contribution in [0.1, 0.15) is 23.7 Å². The molecule has 0 bridgehead atoms. The third-order valence-electron chi connectivity index (χ3n) is 4.99. The second-order valence-electron chi connectivity index (χ2n) is 7.13. The summed E-state index contributed by atoms with van der Waals surface area (Å²) >= 11 is 0. The summed E-state index contributed by atoms with van der Waals surface area (Å²) in [5.41, 5.74) is 0.895. The Bertz CT molecular complexity index is 1020. The van der Waals surface area contributed by atoms with Crippen LogP contribution in [0, 0.1) is 5.82 Å². The number of nitrogens with zero attached hydrogens (tertiary/aromatic N) is 2. The zero-order valence-corrected chi connectivity index (χ0v) is 17.5. The number of amides is 1. The van der Waals surface area contributed by atoms with Crippen molar-refractivity contribution in [3.05, 3.63) is 59.9 Å². The number of piperazine rings is 1. The van der Waals surface area contributed by atoms with Crippen molar-refractivity contribution in [1.29, 1.82) is 0 Å². The molecule has 30 heavy (non-hydrogen) atoms. The fraction of sp³-hybridized carbons (Fsp3) is 0.333. The summed E-state index contributed by atoms with van der Waals surface area (Å²) in [4.78, 5) is 25.8. The first-order valence-corrected chi connectivity index (χ1v) is 11.1. The second kappa shape index (κ2) is 9.46. The highest BCUT2D eigenvalue weighted by Gasteiger charge is 2.28. The maximum absolute atomic E-state index is 12.9. The highest BCUT2D eigenvalue weighted by atomic mass is 32.2. The fourth-order valence-corrected chi connectivity index (χ4v) is 4.70. The van der Waals surface area contributed by atoms with Gasteiger partial charge < -0.3 is 10.2 Å². The number of halogens is 1. The van der Waals surface area contributed by atoms with Crippen LogP contribution in [0.15, 0.2) is 53.4 Å². The van der Waals surface area contributed by atoms with Crippen LogP contribution < -0.4 is 5.32 Å². The van der Waals surface area contributed by atoms with Gasteiger partial charge in [-0.3, -0.25) is 9.59 Å². The largest absolute Gasteiger partial charge is 0.326 e. The summed E-state index contributed by atoms with van der Waals surface area (Å²) in [6.45, 7) is 3.54. The van der Waals surface area contributed by atoms with Crippen molar-refractivity contribution in [2.45, 2.75) is 18.2 Å². The third kappa shape index (κ3) is 5.50. The lowest BCUT2D eigenvalue weighted by molar-refractivity contribution is -0.116. The lowest BCUT2D eigenvalue weighted by Gasteiger charge is -2.33. The van der Waals surface area contributed by atoms with Gasteiger partial charge in [0.2, 0.25) is 15.9 Å². The summed E-state index contributed by atoms with van der Waals surface area (Å²) < 4.78 is 40.1. The quantitative estimate of drug-likeness (QED) is 0.678. The maximum Gasteiger partial charge on any atom is 0.243 e. The van der Waals surface area contributed by atoms with Crippen LogP contribution in [-0.2, 0) is 14.8 Å². The summed E-state index contributed by atoms with van der Waals surface area (Å²) in [6.07, 6.45) is 0.255. The van der Waals surface area contributed by atoms with E-state index < -0.39 is 10.0 Å². The molecule has 9 heteroatoms. The molecule has 1 N–H and O–H groups in total. The monoisotopic (exact) mass is 433 g/mol. The van der Waals surface area contributed by atoms with Crippen LogP contribution in [0.3, 0.4) is 0 Å². The van der Waals surface area contributed by atoms with Gasteiger partial charge in [0.15, 0.2) is 5.78 Å². The first-order valence-electron chi connectivity index (χ1n) is 9.64. The van der Waals surface area contributed by atoms with Crippen molar-refractivity contribution >= 4 is 27.4 Å². The molecule has 1 fully saturated rings. The van der Waals surface area contributed by atoms with Gasteiger partial charge in [0.05, 0.1) is 4.90 Å². The summed E-state index contributed by atoms with van der Waals surface area (Å²) in [5.74, 6) is -0.734. The minimum absolute atomic E-state index is 0.113. The number of ketones is 1. The van der Waals surface area contributed by atoms with Crippen molar-refractivity contribution in [3.63, 3.8) is 0 Å². The molecule has 1 aliphatic heterocycles. The molecule has 0 saturated carbocycles. The molecule has 3 rings (SSSR count). The molecule has 0 aromatic heterocycles. The van der Waals surface area contributed by atoms with Gasteiger partial charge in [0, 0.05) is 50.4 Å². The molecular weight excluding hydrogens is 409 g/mol. The molecule has 0 aliphatic carbocycles. The van der Waals surface area contributed by atoms with E-state index in [1.165, 1.54) is 47.6 Å². The van der Waals surface area contributed by atoms with Crippen LogP contribution in [0.25, 0.3) is 0 Å². The van der Waals surface area contributed by atoms with Gasteiger partial charge in [-0.2, -0.15) is 4.31 Å². The fourth-order valence-electron chi connectivity index (χ4n) is 3.23. The van der Waals surface area contributed by atoms with Crippen molar-refractivity contribution in [1.82, 2.24) is 9.21 Å². The van der Waals surface area contributed by atoms with Crippen LogP contribution in [0.2, 0.25) is 0 Å². The SMILES string of the molecule is CC(=O)c1cccc(S(=O)(=O)N2CCN(CCC(=O)Nc3ccc(F)cc3)CC2)c1. The highest BCUT2D eigenvalue weighted by Crippen LogP contribution is 2.19. The topological polar surface area (TPSA) is 86.8 Å². The number of sulfonamides is 1. The lowest BCUT2D eigenvalue weighted by Crippen LogP contribution is -2.49. The van der Waals surface area contributed by atoms with Gasteiger partial charge in [0.25, 0.3) is 0 Å². The van der Waals surface area contributed by atoms with E-state index in [0.717, 1.165) is 0 Å². The number of rotatable bonds is 7. The number of carbonyl (C=O) groups excluding carboxylic acids is 2. The minimum Gasteiger partial charge on any atom is -0.326 e. The zero-order valence-electron chi connectivity index (χ0n) is 16.7. The molecule has 2 aromatic carbocycles. The van der Waals surface area contributed by atoms with Gasteiger partial charge in [-0.25, -0.2) is 12.8 Å². The van der Waals surface area contributed by atoms with Crippen LogP contribution in [0.5, 0.6) is 0 Å². The average molecular weight is 434 g/mol. The molecule has 0 radical (unpaired) electrons. The smallest absolute Gasteiger partial charge is 0.243 e. The van der Waals surface area contributed by atoms with Crippen LogP contribution in [-0.4, -0.2) is 62.0 Å². The zero-order chi connectivity index (χ0) is 21.7. The van der Waals surface area contributed by atoms with E-state index in [2.05, 4.69) is 5.32 Å². The molecule has 2 aromatic rings. The summed E-state index contributed by atoms with van der Waals surface area (Å²) in [7, 11) is -3.67. The Balaban J connectivity index is 1.50. The molecular formula is C21H24FN3O4S. The van der Waals surface area contributed by atoms with Crippen LogP contribution in [0.4, 0.5) is 10.1 Å². The van der Waals surface area contributed by atoms with E-state index in [1.54, 1.807) is 12.1 Å². The van der Waals surface area contributed by atoms with Gasteiger partial charge in [-0.05, 0) is 43.3 Å². The van der Waals surface area contributed by atoms with E-state index in [0.29, 0.717) is 44.0 Å². The van der Waals surface area contributed by atoms with Gasteiger partial charge in [0.1, 0.15) is 5.82 Å². The second-order valence-corrected chi connectivity index (χ2v) is 9.07. The minimum atomic E-state index is -3.67. The summed E-state index contributed by atoms with van der Waals surface area (Å²) in [6, 6.07) is 11.6. The van der Waals surface area contributed by atoms with E-state index in [1.807, 2.05) is 4.90 Å². The number of Topliss-reactive ketones (excluding diaryl/α,β-unsaturated/α-hetero) is 1. The number of benzene rings is 2. The molecule has 0 spiro atoms. The Morgan fingerprint density at radius 2 is 1.70 bits per heavy atom. The van der Waals surface area contributed by atoms with Crippen molar-refractivity contribution in [2.24, 2.45) is 0 Å². The number of hydrogen-bond donors (Lipinski definition) is 1. The molecule has 1 saturated heterocycles. The van der Waals surface area contributed by atoms with Gasteiger partial charge in [-0.1, -0.05) is 12.1 Å². The molecule has 1 amide bonds. The molecule has 0 atom stereocenters. The molecule has 7 nitrogen and oxygen atoms in total. The Kier molecular flexibility index (Phi) is 6.96. The third-order valence-corrected chi connectivity index (χ3v) is 6.89. The highest BCUT2D eigenvalue weighted by molar-refractivity contribution is 7.89.